The highest BCUT2D eigenvalue weighted by atomic mass is 32.1. The van der Waals surface area contributed by atoms with Crippen LogP contribution in [0.5, 0.6) is 0 Å². The lowest BCUT2D eigenvalue weighted by Gasteiger charge is -2.32. The van der Waals surface area contributed by atoms with E-state index in [0.717, 1.165) is 55.5 Å². The molecule has 3 heterocycles. The van der Waals surface area contributed by atoms with E-state index in [9.17, 15) is 4.79 Å². The molecule has 2 N–H and O–H groups in total. The van der Waals surface area contributed by atoms with Crippen molar-refractivity contribution in [1.29, 1.82) is 0 Å². The number of aryl methyl sites for hydroxylation is 2. The summed E-state index contributed by atoms with van der Waals surface area (Å²) in [6.45, 7) is 1.44. The Bertz CT molecular complexity index is 806. The largest absolute Gasteiger partial charge is 0.367 e. The lowest BCUT2D eigenvalue weighted by Crippen LogP contribution is -2.44. The summed E-state index contributed by atoms with van der Waals surface area (Å²) in [6.07, 6.45) is 7.92. The molecule has 1 saturated heterocycles. The highest BCUT2D eigenvalue weighted by Crippen LogP contribution is 2.30. The first-order valence-corrected chi connectivity index (χ1v) is 10.7. The van der Waals surface area contributed by atoms with E-state index in [0.29, 0.717) is 6.04 Å². The number of nitrogens with one attached hydrogen (secondary N) is 2. The third kappa shape index (κ3) is 4.35. The standard InChI is InChI=1S/C19H27N7OS/c1-25(2)17-11-16(20-12-21-17)22-13-7-9-26(10-8-13)19(27)24-18-23-14-5-3-4-6-15(14)28-18/h11-13H,3-10H2,1-2H3,(H,20,21,22)(H,23,24,27). The van der Waals surface area contributed by atoms with Crippen LogP contribution >= 0.6 is 11.3 Å². The Labute approximate surface area is 169 Å². The molecular weight excluding hydrogens is 374 g/mol. The summed E-state index contributed by atoms with van der Waals surface area (Å²) >= 11 is 1.63. The van der Waals surface area contributed by atoms with Crippen molar-refractivity contribution in [3.8, 4) is 0 Å². The molecule has 0 unspecified atom stereocenters. The second kappa shape index (κ2) is 8.30. The van der Waals surface area contributed by atoms with Crippen molar-refractivity contribution in [2.24, 2.45) is 0 Å². The van der Waals surface area contributed by atoms with Crippen molar-refractivity contribution in [2.45, 2.75) is 44.6 Å². The Hall–Kier alpha value is -2.42. The molecule has 2 aromatic rings. The van der Waals surface area contributed by atoms with Crippen molar-refractivity contribution < 1.29 is 4.79 Å². The van der Waals surface area contributed by atoms with E-state index in [1.165, 1.54) is 23.4 Å². The van der Waals surface area contributed by atoms with Gasteiger partial charge in [-0.1, -0.05) is 0 Å². The first-order chi connectivity index (χ1) is 13.6. The number of carbonyl (C=O) groups is 1. The minimum Gasteiger partial charge on any atom is -0.367 e. The minimum atomic E-state index is -0.0403. The Morgan fingerprint density at radius 3 is 2.75 bits per heavy atom. The van der Waals surface area contributed by atoms with Gasteiger partial charge in [0.25, 0.3) is 0 Å². The molecule has 9 heteroatoms. The number of rotatable bonds is 4. The van der Waals surface area contributed by atoms with Crippen LogP contribution in [0.4, 0.5) is 21.6 Å². The van der Waals surface area contributed by atoms with Crippen LogP contribution in [0.25, 0.3) is 0 Å². The molecule has 150 valence electrons. The smallest absolute Gasteiger partial charge is 0.323 e. The molecule has 1 aliphatic heterocycles. The van der Waals surface area contributed by atoms with Crippen LogP contribution in [0, 0.1) is 0 Å². The molecule has 0 saturated carbocycles. The molecule has 0 bridgehead atoms. The number of hydrogen-bond acceptors (Lipinski definition) is 7. The van der Waals surface area contributed by atoms with Crippen molar-refractivity contribution in [3.05, 3.63) is 23.0 Å². The first-order valence-electron chi connectivity index (χ1n) is 9.89. The van der Waals surface area contributed by atoms with Gasteiger partial charge in [-0.3, -0.25) is 5.32 Å². The highest BCUT2D eigenvalue weighted by Gasteiger charge is 2.24. The van der Waals surface area contributed by atoms with Gasteiger partial charge in [0.05, 0.1) is 5.69 Å². The summed E-state index contributed by atoms with van der Waals surface area (Å²) in [6, 6.07) is 2.21. The maximum absolute atomic E-state index is 12.6. The fraction of sp³-hybridized carbons (Fsp3) is 0.579. The van der Waals surface area contributed by atoms with Crippen molar-refractivity contribution in [2.75, 3.05) is 42.7 Å². The zero-order valence-corrected chi connectivity index (χ0v) is 17.3. The summed E-state index contributed by atoms with van der Waals surface area (Å²) < 4.78 is 0. The van der Waals surface area contributed by atoms with Crippen LogP contribution in [-0.4, -0.2) is 59.1 Å². The average molecular weight is 402 g/mol. The first kappa shape index (κ1) is 18.9. The van der Waals surface area contributed by atoms with E-state index in [1.54, 1.807) is 17.7 Å². The molecule has 0 atom stereocenters. The van der Waals surface area contributed by atoms with Gasteiger partial charge in [0.1, 0.15) is 18.0 Å². The zero-order valence-electron chi connectivity index (χ0n) is 16.4. The topological polar surface area (TPSA) is 86.3 Å². The van der Waals surface area contributed by atoms with Gasteiger partial charge in [-0.2, -0.15) is 0 Å². The van der Waals surface area contributed by atoms with Crippen molar-refractivity contribution in [3.63, 3.8) is 0 Å². The molecule has 28 heavy (non-hydrogen) atoms. The van der Waals surface area contributed by atoms with E-state index in [4.69, 9.17) is 0 Å². The molecule has 8 nitrogen and oxygen atoms in total. The van der Waals surface area contributed by atoms with Gasteiger partial charge in [-0.05, 0) is 38.5 Å². The van der Waals surface area contributed by atoms with Crippen LogP contribution in [-0.2, 0) is 12.8 Å². The number of likely N-dealkylation sites (tertiary alicyclic amines) is 1. The second-order valence-corrected chi connectivity index (χ2v) is 8.67. The molecule has 1 aliphatic carbocycles. The van der Waals surface area contributed by atoms with Gasteiger partial charge in [0.2, 0.25) is 0 Å². The summed E-state index contributed by atoms with van der Waals surface area (Å²) in [5.74, 6) is 1.70. The number of anilines is 3. The Balaban J connectivity index is 1.28. The molecule has 2 amide bonds. The van der Waals surface area contributed by atoms with Crippen LogP contribution in [0.3, 0.4) is 0 Å². The lowest BCUT2D eigenvalue weighted by molar-refractivity contribution is 0.197. The number of aromatic nitrogens is 3. The Morgan fingerprint density at radius 2 is 2.00 bits per heavy atom. The lowest BCUT2D eigenvalue weighted by atomic mass is 10.0. The third-order valence-electron chi connectivity index (χ3n) is 5.30. The van der Waals surface area contributed by atoms with E-state index in [1.807, 2.05) is 30.0 Å². The molecule has 0 aromatic carbocycles. The third-order valence-corrected chi connectivity index (χ3v) is 6.38. The fourth-order valence-corrected chi connectivity index (χ4v) is 4.72. The summed E-state index contributed by atoms with van der Waals surface area (Å²) in [5, 5.41) is 7.22. The van der Waals surface area contributed by atoms with E-state index < -0.39 is 0 Å². The predicted molar refractivity (Wildman–Crippen MR) is 112 cm³/mol. The average Bonchev–Trinajstić information content (AvgIpc) is 3.11. The Morgan fingerprint density at radius 1 is 1.21 bits per heavy atom. The fourth-order valence-electron chi connectivity index (χ4n) is 3.68. The summed E-state index contributed by atoms with van der Waals surface area (Å²) in [5.41, 5.74) is 1.18. The summed E-state index contributed by atoms with van der Waals surface area (Å²) in [4.78, 5) is 30.9. The number of piperidine rings is 1. The Kier molecular flexibility index (Phi) is 5.61. The van der Waals surface area contributed by atoms with Crippen LogP contribution in [0.2, 0.25) is 0 Å². The van der Waals surface area contributed by atoms with Crippen LogP contribution in [0.15, 0.2) is 12.4 Å². The predicted octanol–water partition coefficient (Wildman–Crippen LogP) is 2.99. The van der Waals surface area contributed by atoms with E-state index in [2.05, 4.69) is 25.6 Å². The monoisotopic (exact) mass is 401 g/mol. The van der Waals surface area contributed by atoms with Crippen LogP contribution in [0.1, 0.15) is 36.3 Å². The molecule has 2 aliphatic rings. The van der Waals surface area contributed by atoms with E-state index in [-0.39, 0.29) is 6.03 Å². The number of nitrogens with zero attached hydrogens (tertiary/aromatic N) is 5. The number of thiazole rings is 1. The highest BCUT2D eigenvalue weighted by molar-refractivity contribution is 7.15. The van der Waals surface area contributed by atoms with Gasteiger partial charge in [-0.25, -0.2) is 19.7 Å². The van der Waals surface area contributed by atoms with E-state index >= 15 is 0 Å². The number of amides is 2. The summed E-state index contributed by atoms with van der Waals surface area (Å²) in [7, 11) is 3.92. The molecule has 0 radical (unpaired) electrons. The molecule has 0 spiro atoms. The number of carbonyl (C=O) groups excluding carboxylic acids is 1. The number of urea groups is 1. The maximum atomic E-state index is 12.6. The SMILES string of the molecule is CN(C)c1cc(NC2CCN(C(=O)Nc3nc4c(s3)CCCC4)CC2)ncn1. The molecule has 2 aromatic heterocycles. The molecule has 4 rings (SSSR count). The normalized spacial score (nSPS) is 17.1. The number of hydrogen-bond donors (Lipinski definition) is 2. The molecular formula is C19H27N7OS. The van der Waals surface area contributed by atoms with Crippen molar-refractivity contribution >= 4 is 34.1 Å². The van der Waals surface area contributed by atoms with Gasteiger partial charge in [-0.15, -0.1) is 11.3 Å². The minimum absolute atomic E-state index is 0.0403. The maximum Gasteiger partial charge on any atom is 0.323 e. The number of fused-ring (bicyclic) bond motifs is 1. The van der Waals surface area contributed by atoms with Gasteiger partial charge < -0.3 is 15.1 Å². The van der Waals surface area contributed by atoms with Gasteiger partial charge in [0.15, 0.2) is 5.13 Å². The van der Waals surface area contributed by atoms with Gasteiger partial charge in [0, 0.05) is 44.2 Å². The van der Waals surface area contributed by atoms with Crippen molar-refractivity contribution in [1.82, 2.24) is 19.9 Å². The van der Waals surface area contributed by atoms with Crippen LogP contribution < -0.4 is 15.5 Å². The second-order valence-electron chi connectivity index (χ2n) is 7.59. The van der Waals surface area contributed by atoms with Gasteiger partial charge >= 0.3 is 6.03 Å². The zero-order chi connectivity index (χ0) is 19.5. The molecule has 1 fully saturated rings. The quantitative estimate of drug-likeness (QED) is 0.819.